The van der Waals surface area contributed by atoms with Gasteiger partial charge in [0, 0.05) is 43.6 Å². The topological polar surface area (TPSA) is 49.9 Å². The lowest BCUT2D eigenvalue weighted by molar-refractivity contribution is -0.149. The zero-order valence-electron chi connectivity index (χ0n) is 15.3. The summed E-state index contributed by atoms with van der Waals surface area (Å²) in [5.41, 5.74) is 0.604. The molecule has 3 aliphatic heterocycles. The second-order valence-electron chi connectivity index (χ2n) is 7.88. The Kier molecular flexibility index (Phi) is 5.32. The van der Waals surface area contributed by atoms with E-state index >= 15 is 0 Å². The Morgan fingerprint density at radius 2 is 1.81 bits per heavy atom. The fourth-order valence-corrected chi connectivity index (χ4v) is 5.58. The zero-order valence-corrected chi connectivity index (χ0v) is 16.1. The molecule has 4 heterocycles. The maximum atomic E-state index is 13.6. The Bertz CT molecular complexity index is 628. The SMILES string of the molecule is O=C(C1N(C(=O)c2ccsc2)CCCC12CCOCC2)N1CCCCC1. The first-order valence-electron chi connectivity index (χ1n) is 9.91. The van der Waals surface area contributed by atoms with E-state index in [0.717, 1.165) is 57.2 Å². The van der Waals surface area contributed by atoms with E-state index in [9.17, 15) is 9.59 Å². The maximum Gasteiger partial charge on any atom is 0.255 e. The summed E-state index contributed by atoms with van der Waals surface area (Å²) in [5, 5.41) is 3.83. The number of nitrogens with zero attached hydrogens (tertiary/aromatic N) is 2. The minimum absolute atomic E-state index is 0.0205. The lowest BCUT2D eigenvalue weighted by Gasteiger charge is -2.52. The van der Waals surface area contributed by atoms with Crippen LogP contribution in [0.15, 0.2) is 16.8 Å². The highest BCUT2D eigenvalue weighted by Gasteiger charge is 2.51. The molecule has 1 aromatic rings. The van der Waals surface area contributed by atoms with Crippen LogP contribution in [0.3, 0.4) is 0 Å². The van der Waals surface area contributed by atoms with E-state index in [4.69, 9.17) is 4.74 Å². The van der Waals surface area contributed by atoms with Crippen molar-refractivity contribution in [3.63, 3.8) is 0 Å². The number of likely N-dealkylation sites (tertiary alicyclic amines) is 2. The standard InChI is InChI=1S/C20H28N2O3S/c23-18(16-5-14-26-15-16)22-11-4-6-20(7-12-25-13-8-20)17(22)19(24)21-9-2-1-3-10-21/h5,14-15,17H,1-4,6-13H2. The first-order chi connectivity index (χ1) is 12.7. The lowest BCUT2D eigenvalue weighted by atomic mass is 9.67. The number of hydrogen-bond acceptors (Lipinski definition) is 4. The molecule has 0 aliphatic carbocycles. The third-order valence-corrected chi connectivity index (χ3v) is 7.07. The fourth-order valence-electron chi connectivity index (χ4n) is 4.95. The Morgan fingerprint density at radius 1 is 1.04 bits per heavy atom. The molecule has 0 bridgehead atoms. The molecular formula is C20H28N2O3S. The van der Waals surface area contributed by atoms with Gasteiger partial charge in [-0.15, -0.1) is 0 Å². The zero-order chi connectivity index (χ0) is 18.0. The highest BCUT2D eigenvalue weighted by molar-refractivity contribution is 7.08. The summed E-state index contributed by atoms with van der Waals surface area (Å²) in [6.45, 7) is 3.75. The number of carbonyl (C=O) groups excluding carboxylic acids is 2. The molecule has 1 atom stereocenters. The smallest absolute Gasteiger partial charge is 0.255 e. The first kappa shape index (κ1) is 18.0. The predicted molar refractivity (Wildman–Crippen MR) is 101 cm³/mol. The van der Waals surface area contributed by atoms with Crippen molar-refractivity contribution in [2.45, 2.75) is 51.0 Å². The summed E-state index contributed by atoms with van der Waals surface area (Å²) < 4.78 is 5.61. The quantitative estimate of drug-likeness (QED) is 0.797. The Balaban J connectivity index is 1.66. The molecule has 3 saturated heterocycles. The summed E-state index contributed by atoms with van der Waals surface area (Å²) in [6.07, 6.45) is 7.11. The minimum Gasteiger partial charge on any atom is -0.381 e. The second-order valence-corrected chi connectivity index (χ2v) is 8.66. The van der Waals surface area contributed by atoms with Crippen LogP contribution >= 0.6 is 11.3 Å². The van der Waals surface area contributed by atoms with Crippen molar-refractivity contribution in [1.29, 1.82) is 0 Å². The van der Waals surface area contributed by atoms with Crippen molar-refractivity contribution in [3.05, 3.63) is 22.4 Å². The van der Waals surface area contributed by atoms with Gasteiger partial charge in [-0.2, -0.15) is 11.3 Å². The normalized spacial score (nSPS) is 26.1. The van der Waals surface area contributed by atoms with E-state index < -0.39 is 0 Å². The molecule has 1 spiro atoms. The number of amides is 2. The molecule has 142 valence electrons. The van der Waals surface area contributed by atoms with Crippen molar-refractivity contribution in [1.82, 2.24) is 9.80 Å². The summed E-state index contributed by atoms with van der Waals surface area (Å²) in [6, 6.07) is 1.55. The molecule has 26 heavy (non-hydrogen) atoms. The molecule has 3 fully saturated rings. The summed E-state index contributed by atoms with van der Waals surface area (Å²) in [7, 11) is 0. The molecule has 5 nitrogen and oxygen atoms in total. The molecule has 0 N–H and O–H groups in total. The molecule has 4 rings (SSSR count). The van der Waals surface area contributed by atoms with Gasteiger partial charge in [0.05, 0.1) is 5.56 Å². The number of rotatable bonds is 2. The van der Waals surface area contributed by atoms with E-state index in [1.165, 1.54) is 17.8 Å². The van der Waals surface area contributed by atoms with Gasteiger partial charge >= 0.3 is 0 Å². The van der Waals surface area contributed by atoms with E-state index in [1.54, 1.807) is 0 Å². The van der Waals surface area contributed by atoms with Crippen molar-refractivity contribution < 1.29 is 14.3 Å². The number of ether oxygens (including phenoxy) is 1. The van der Waals surface area contributed by atoms with Gasteiger partial charge in [-0.25, -0.2) is 0 Å². The molecular weight excluding hydrogens is 348 g/mol. The molecule has 3 aliphatic rings. The lowest BCUT2D eigenvalue weighted by Crippen LogP contribution is -2.63. The van der Waals surface area contributed by atoms with Crippen LogP contribution in [0.2, 0.25) is 0 Å². The van der Waals surface area contributed by atoms with Crippen LogP contribution in [-0.4, -0.2) is 60.5 Å². The third-order valence-electron chi connectivity index (χ3n) is 6.38. The van der Waals surface area contributed by atoms with Crippen molar-refractivity contribution in [3.8, 4) is 0 Å². The summed E-state index contributed by atoms with van der Waals surface area (Å²) in [4.78, 5) is 30.7. The molecule has 2 amide bonds. The van der Waals surface area contributed by atoms with E-state index in [1.807, 2.05) is 26.6 Å². The average molecular weight is 377 g/mol. The number of piperidine rings is 2. The van der Waals surface area contributed by atoms with Crippen LogP contribution in [-0.2, 0) is 9.53 Å². The van der Waals surface area contributed by atoms with Crippen LogP contribution < -0.4 is 0 Å². The molecule has 1 unspecified atom stereocenters. The summed E-state index contributed by atoms with van der Waals surface area (Å²) >= 11 is 1.53. The van der Waals surface area contributed by atoms with E-state index in [0.29, 0.717) is 19.8 Å². The van der Waals surface area contributed by atoms with Crippen molar-refractivity contribution >= 4 is 23.2 Å². The molecule has 6 heteroatoms. The van der Waals surface area contributed by atoms with Gasteiger partial charge in [0.2, 0.25) is 5.91 Å². The minimum atomic E-state index is -0.328. The third kappa shape index (κ3) is 3.29. The van der Waals surface area contributed by atoms with Gasteiger partial charge in [0.1, 0.15) is 6.04 Å². The van der Waals surface area contributed by atoms with Crippen molar-refractivity contribution in [2.24, 2.45) is 5.41 Å². The van der Waals surface area contributed by atoms with Crippen LogP contribution in [0, 0.1) is 5.41 Å². The predicted octanol–water partition coefficient (Wildman–Crippen LogP) is 3.16. The van der Waals surface area contributed by atoms with Gasteiger partial charge in [0.25, 0.3) is 5.91 Å². The molecule has 0 aromatic carbocycles. The van der Waals surface area contributed by atoms with Crippen LogP contribution in [0.1, 0.15) is 55.3 Å². The van der Waals surface area contributed by atoms with Gasteiger partial charge in [-0.05, 0) is 56.4 Å². The average Bonchev–Trinajstić information content (AvgIpc) is 3.23. The monoisotopic (exact) mass is 376 g/mol. The molecule has 0 saturated carbocycles. The highest BCUT2D eigenvalue weighted by Crippen LogP contribution is 2.45. The van der Waals surface area contributed by atoms with E-state index in [2.05, 4.69) is 0 Å². The fraction of sp³-hybridized carbons (Fsp3) is 0.700. The maximum absolute atomic E-state index is 13.6. The first-order valence-corrected chi connectivity index (χ1v) is 10.9. The van der Waals surface area contributed by atoms with Gasteiger partial charge in [-0.1, -0.05) is 0 Å². The Hall–Kier alpha value is -1.40. The number of carbonyl (C=O) groups is 2. The van der Waals surface area contributed by atoms with Gasteiger partial charge in [-0.3, -0.25) is 9.59 Å². The largest absolute Gasteiger partial charge is 0.381 e. The molecule has 0 radical (unpaired) electrons. The highest BCUT2D eigenvalue weighted by atomic mass is 32.1. The Morgan fingerprint density at radius 3 is 2.50 bits per heavy atom. The second kappa shape index (κ2) is 7.69. The van der Waals surface area contributed by atoms with Crippen LogP contribution in [0.4, 0.5) is 0 Å². The van der Waals surface area contributed by atoms with Crippen LogP contribution in [0.25, 0.3) is 0 Å². The molecule has 1 aromatic heterocycles. The summed E-state index contributed by atoms with van der Waals surface area (Å²) in [5.74, 6) is 0.196. The van der Waals surface area contributed by atoms with Gasteiger partial charge < -0.3 is 14.5 Å². The number of hydrogen-bond donors (Lipinski definition) is 0. The van der Waals surface area contributed by atoms with Gasteiger partial charge in [0.15, 0.2) is 0 Å². The number of thiophene rings is 1. The van der Waals surface area contributed by atoms with Crippen molar-refractivity contribution in [2.75, 3.05) is 32.8 Å². The van der Waals surface area contributed by atoms with Crippen LogP contribution in [0.5, 0.6) is 0 Å². The van der Waals surface area contributed by atoms with E-state index in [-0.39, 0.29) is 23.3 Å². The Labute approximate surface area is 159 Å².